The average Bonchev–Trinajstić information content (AvgIpc) is 3.45. The first kappa shape index (κ1) is 26.5. The molecular formula is C25H25N3O7S2. The van der Waals surface area contributed by atoms with Crippen LogP contribution in [0, 0.1) is 23.0 Å². The van der Waals surface area contributed by atoms with Crippen molar-refractivity contribution >= 4 is 44.6 Å². The van der Waals surface area contributed by atoms with Gasteiger partial charge in [-0.25, -0.2) is 8.42 Å². The highest BCUT2D eigenvalue weighted by Gasteiger charge is 2.35. The molecule has 2 heterocycles. The third-order valence-corrected chi connectivity index (χ3v) is 9.33. The lowest BCUT2D eigenvalue weighted by molar-refractivity contribution is -0.384. The number of hydrogen-bond acceptors (Lipinski definition) is 8. The van der Waals surface area contributed by atoms with Gasteiger partial charge in [-0.3, -0.25) is 19.7 Å². The normalized spacial score (nSPS) is 15.6. The molecular weight excluding hydrogens is 518 g/mol. The van der Waals surface area contributed by atoms with Crippen LogP contribution in [0.25, 0.3) is 0 Å². The van der Waals surface area contributed by atoms with Crippen LogP contribution in [0.2, 0.25) is 0 Å². The molecule has 1 aliphatic rings. The number of nitrogens with zero attached hydrogens (tertiary/aromatic N) is 2. The molecule has 0 spiro atoms. The first-order valence-electron chi connectivity index (χ1n) is 11.5. The number of benzene rings is 2. The first-order chi connectivity index (χ1) is 17.7. The summed E-state index contributed by atoms with van der Waals surface area (Å²) in [6.07, 6.45) is -0.853. The number of carbonyl (C=O) groups excluding carboxylic acids is 2. The second kappa shape index (κ2) is 11.2. The zero-order valence-corrected chi connectivity index (χ0v) is 21.5. The molecule has 1 amide bonds. The zero-order valence-electron chi connectivity index (χ0n) is 19.9. The Morgan fingerprint density at radius 3 is 2.43 bits per heavy atom. The third-order valence-electron chi connectivity index (χ3n) is 6.06. The summed E-state index contributed by atoms with van der Waals surface area (Å²) in [5, 5.41) is 15.7. The molecule has 1 saturated heterocycles. The van der Waals surface area contributed by atoms with Crippen molar-refractivity contribution in [1.82, 2.24) is 4.31 Å². The lowest BCUT2D eigenvalue weighted by Gasteiger charge is -2.30. The summed E-state index contributed by atoms with van der Waals surface area (Å²) in [5.41, 5.74) is 0.777. The molecule has 10 nitrogen and oxygen atoms in total. The maximum atomic E-state index is 13.2. The van der Waals surface area contributed by atoms with Gasteiger partial charge in [0.25, 0.3) is 21.6 Å². The van der Waals surface area contributed by atoms with E-state index in [1.54, 1.807) is 60.8 Å². The van der Waals surface area contributed by atoms with E-state index in [4.69, 9.17) is 4.74 Å². The second-order valence-corrected chi connectivity index (χ2v) is 11.7. The van der Waals surface area contributed by atoms with E-state index in [0.717, 1.165) is 11.3 Å². The summed E-state index contributed by atoms with van der Waals surface area (Å²) in [4.78, 5) is 37.2. The molecule has 4 rings (SSSR count). The van der Waals surface area contributed by atoms with Gasteiger partial charge in [0, 0.05) is 24.7 Å². The highest BCUT2D eigenvalue weighted by atomic mass is 32.2. The maximum Gasteiger partial charge on any atom is 0.310 e. The molecule has 0 unspecified atom stereocenters. The van der Waals surface area contributed by atoms with Gasteiger partial charge in [0.05, 0.1) is 10.8 Å². The monoisotopic (exact) mass is 543 g/mol. The molecule has 1 aliphatic heterocycles. The van der Waals surface area contributed by atoms with Crippen LogP contribution >= 0.6 is 11.3 Å². The molecule has 0 aliphatic carbocycles. The van der Waals surface area contributed by atoms with Crippen molar-refractivity contribution in [3.05, 3.63) is 87.3 Å². The predicted molar refractivity (Wildman–Crippen MR) is 138 cm³/mol. The Kier molecular flexibility index (Phi) is 8.00. The van der Waals surface area contributed by atoms with Gasteiger partial charge in [0.1, 0.15) is 9.90 Å². The number of amides is 1. The molecule has 1 aromatic heterocycles. The molecule has 194 valence electrons. The summed E-state index contributed by atoms with van der Waals surface area (Å²) in [7, 11) is -3.62. The van der Waals surface area contributed by atoms with Gasteiger partial charge in [0.2, 0.25) is 6.10 Å². The highest BCUT2D eigenvalue weighted by Crippen LogP contribution is 2.30. The van der Waals surface area contributed by atoms with Crippen LogP contribution in [0.3, 0.4) is 0 Å². The Labute approximate surface area is 218 Å². The van der Waals surface area contributed by atoms with Crippen LogP contribution in [-0.4, -0.2) is 42.6 Å². The number of rotatable bonds is 8. The van der Waals surface area contributed by atoms with E-state index in [2.05, 4.69) is 5.32 Å². The van der Waals surface area contributed by atoms with E-state index in [-0.39, 0.29) is 41.5 Å². The summed E-state index contributed by atoms with van der Waals surface area (Å²) in [6, 6.07) is 16.0. The number of aryl methyl sites for hydroxylation is 1. The van der Waals surface area contributed by atoms with Crippen molar-refractivity contribution in [3.8, 4) is 0 Å². The summed E-state index contributed by atoms with van der Waals surface area (Å²) < 4.78 is 32.8. The van der Waals surface area contributed by atoms with E-state index < -0.39 is 38.8 Å². The zero-order chi connectivity index (χ0) is 26.6. The van der Waals surface area contributed by atoms with Crippen LogP contribution in [0.1, 0.15) is 30.1 Å². The van der Waals surface area contributed by atoms with Gasteiger partial charge in [-0.15, -0.1) is 11.3 Å². The van der Waals surface area contributed by atoms with Gasteiger partial charge in [-0.2, -0.15) is 4.31 Å². The number of thiophene rings is 1. The molecule has 0 radical (unpaired) electrons. The van der Waals surface area contributed by atoms with Crippen LogP contribution < -0.4 is 5.32 Å². The quantitative estimate of drug-likeness (QED) is 0.254. The second-order valence-electron chi connectivity index (χ2n) is 8.61. The number of piperidine rings is 1. The van der Waals surface area contributed by atoms with E-state index >= 15 is 0 Å². The standard InChI is InChI=1S/C25H25N3O7S2/c1-17-9-10-20(21(16-17)28(31)32)26-24(29)23(18-6-3-2-4-7-18)35-25(30)19-11-13-27(14-12-19)37(33,34)22-8-5-15-36-22/h2-10,15-16,19,23H,11-14H2,1H3,(H,26,29)/t23-/m0/s1. The van der Waals surface area contributed by atoms with Crippen LogP contribution in [-0.2, 0) is 24.3 Å². The molecule has 12 heteroatoms. The largest absolute Gasteiger partial charge is 0.447 e. The number of hydrogen-bond donors (Lipinski definition) is 1. The summed E-state index contributed by atoms with van der Waals surface area (Å²) >= 11 is 1.14. The molecule has 1 atom stereocenters. The van der Waals surface area contributed by atoms with Crippen molar-refractivity contribution in [2.24, 2.45) is 5.92 Å². The molecule has 0 saturated carbocycles. The number of nitro benzene ring substituents is 1. The minimum Gasteiger partial charge on any atom is -0.447 e. The molecule has 2 aromatic carbocycles. The van der Waals surface area contributed by atoms with E-state index in [0.29, 0.717) is 11.1 Å². The number of nitro groups is 1. The predicted octanol–water partition coefficient (Wildman–Crippen LogP) is 4.29. The van der Waals surface area contributed by atoms with Crippen molar-refractivity contribution in [1.29, 1.82) is 0 Å². The topological polar surface area (TPSA) is 136 Å². The number of carbonyl (C=O) groups is 2. The molecule has 37 heavy (non-hydrogen) atoms. The van der Waals surface area contributed by atoms with Crippen molar-refractivity contribution in [2.75, 3.05) is 18.4 Å². The average molecular weight is 544 g/mol. The molecule has 0 bridgehead atoms. The lowest BCUT2D eigenvalue weighted by atomic mass is 9.98. The van der Waals surface area contributed by atoms with E-state index in [1.807, 2.05) is 0 Å². The maximum absolute atomic E-state index is 13.2. The summed E-state index contributed by atoms with van der Waals surface area (Å²) in [5.74, 6) is -1.96. The van der Waals surface area contributed by atoms with E-state index in [9.17, 15) is 28.1 Å². The van der Waals surface area contributed by atoms with Crippen LogP contribution in [0.4, 0.5) is 11.4 Å². The Morgan fingerprint density at radius 1 is 1.11 bits per heavy atom. The minimum atomic E-state index is -3.62. The van der Waals surface area contributed by atoms with Gasteiger partial charge in [0.15, 0.2) is 0 Å². The Morgan fingerprint density at radius 2 is 1.81 bits per heavy atom. The number of esters is 1. The van der Waals surface area contributed by atoms with Gasteiger partial charge in [-0.1, -0.05) is 42.5 Å². The fourth-order valence-corrected chi connectivity index (χ4v) is 6.69. The third kappa shape index (κ3) is 6.04. The smallest absolute Gasteiger partial charge is 0.310 e. The Hall–Kier alpha value is -3.61. The fraction of sp³-hybridized carbons (Fsp3) is 0.280. The number of sulfonamides is 1. The van der Waals surface area contributed by atoms with Crippen molar-refractivity contribution < 1.29 is 27.7 Å². The molecule has 3 aromatic rings. The van der Waals surface area contributed by atoms with Crippen LogP contribution in [0.5, 0.6) is 0 Å². The number of ether oxygens (including phenoxy) is 1. The van der Waals surface area contributed by atoms with Crippen LogP contribution in [0.15, 0.2) is 70.3 Å². The van der Waals surface area contributed by atoms with Gasteiger partial charge >= 0.3 is 5.97 Å². The van der Waals surface area contributed by atoms with Crippen molar-refractivity contribution in [2.45, 2.75) is 30.1 Å². The number of anilines is 1. The van der Waals surface area contributed by atoms with E-state index in [1.165, 1.54) is 16.4 Å². The highest BCUT2D eigenvalue weighted by molar-refractivity contribution is 7.91. The fourth-order valence-electron chi connectivity index (χ4n) is 4.08. The SMILES string of the molecule is Cc1ccc(NC(=O)[C@@H](OC(=O)C2CCN(S(=O)(=O)c3cccs3)CC2)c2ccccc2)c([N+](=O)[O-])c1. The number of nitrogens with one attached hydrogen (secondary N) is 1. The first-order valence-corrected chi connectivity index (χ1v) is 13.8. The molecule has 1 fully saturated rings. The lowest BCUT2D eigenvalue weighted by Crippen LogP contribution is -2.41. The summed E-state index contributed by atoms with van der Waals surface area (Å²) in [6.45, 7) is 2.00. The van der Waals surface area contributed by atoms with Crippen molar-refractivity contribution in [3.63, 3.8) is 0 Å². The van der Waals surface area contributed by atoms with Gasteiger partial charge in [-0.05, 0) is 42.8 Å². The minimum absolute atomic E-state index is 0.00956. The Bertz CT molecular complexity index is 1380. The Balaban J connectivity index is 1.48. The molecule has 1 N–H and O–H groups in total. The van der Waals surface area contributed by atoms with Gasteiger partial charge < -0.3 is 10.1 Å².